The molecule has 0 atom stereocenters. The molecule has 0 aliphatic carbocycles. The maximum Gasteiger partial charge on any atom is 0.223 e. The van der Waals surface area contributed by atoms with Crippen LogP contribution in [0.2, 0.25) is 0 Å². The first kappa shape index (κ1) is 15.4. The number of ether oxygens (including phenoxy) is 2. The molecule has 0 unspecified atom stereocenters. The Hall–Kier alpha value is -2.54. The van der Waals surface area contributed by atoms with Crippen LogP contribution in [0.4, 0.5) is 0 Å². The number of aromatic nitrogens is 2. The third-order valence-electron chi connectivity index (χ3n) is 3.27. The second-order valence-corrected chi connectivity index (χ2v) is 5.72. The fraction of sp³-hybridized carbons (Fsp3) is 0.250. The van der Waals surface area contributed by atoms with E-state index in [1.807, 2.05) is 46.4 Å². The van der Waals surface area contributed by atoms with Crippen molar-refractivity contribution in [3.63, 3.8) is 0 Å². The smallest absolute Gasteiger partial charge is 0.223 e. The largest absolute Gasteiger partial charge is 0.493 e. The van der Waals surface area contributed by atoms with E-state index in [-0.39, 0.29) is 12.3 Å². The van der Waals surface area contributed by atoms with Crippen molar-refractivity contribution in [2.75, 3.05) is 13.7 Å². The molecule has 3 rings (SSSR count). The molecule has 1 N–H and O–H groups in total. The molecule has 0 saturated heterocycles. The van der Waals surface area contributed by atoms with E-state index < -0.39 is 0 Å². The fourth-order valence-electron chi connectivity index (χ4n) is 2.13. The first-order chi connectivity index (χ1) is 11.3. The Morgan fingerprint density at radius 2 is 2.17 bits per heavy atom. The van der Waals surface area contributed by atoms with Crippen molar-refractivity contribution in [1.29, 1.82) is 0 Å². The fourth-order valence-corrected chi connectivity index (χ4v) is 2.85. The molecule has 1 amide bonds. The number of nitrogens with one attached hydrogen (secondary N) is 1. The number of amides is 1. The third kappa shape index (κ3) is 3.81. The molecule has 0 bridgehead atoms. The summed E-state index contributed by atoms with van der Waals surface area (Å²) in [5.41, 5.74) is 0.843. The highest BCUT2D eigenvalue weighted by Gasteiger charge is 2.07. The number of para-hydroxylation sites is 2. The predicted octanol–water partition coefficient (Wildman–Crippen LogP) is 2.49. The minimum atomic E-state index is -0.0729. The Kier molecular flexibility index (Phi) is 4.77. The van der Waals surface area contributed by atoms with Gasteiger partial charge in [0.2, 0.25) is 5.91 Å². The number of nitrogens with zero attached hydrogens (tertiary/aromatic N) is 2. The lowest BCUT2D eigenvalue weighted by Crippen LogP contribution is -2.24. The number of benzene rings is 1. The van der Waals surface area contributed by atoms with Crippen molar-refractivity contribution < 1.29 is 14.3 Å². The van der Waals surface area contributed by atoms with Crippen molar-refractivity contribution >= 4 is 22.2 Å². The SMILES string of the molecule is COc1ccccc1OCCC(=O)NCc1cn2ccsc2n1. The van der Waals surface area contributed by atoms with Crippen LogP contribution in [0.15, 0.2) is 42.0 Å². The summed E-state index contributed by atoms with van der Waals surface area (Å²) in [5.74, 6) is 1.22. The molecule has 0 fully saturated rings. The number of thiazole rings is 1. The molecule has 0 radical (unpaired) electrons. The molecule has 23 heavy (non-hydrogen) atoms. The first-order valence-electron chi connectivity index (χ1n) is 7.20. The lowest BCUT2D eigenvalue weighted by atomic mass is 10.3. The van der Waals surface area contributed by atoms with Gasteiger partial charge in [-0.2, -0.15) is 0 Å². The second-order valence-electron chi connectivity index (χ2n) is 4.85. The topological polar surface area (TPSA) is 64.9 Å². The van der Waals surface area contributed by atoms with Crippen LogP contribution in [-0.2, 0) is 11.3 Å². The molecule has 120 valence electrons. The minimum Gasteiger partial charge on any atom is -0.493 e. The summed E-state index contributed by atoms with van der Waals surface area (Å²) >= 11 is 1.56. The highest BCUT2D eigenvalue weighted by Crippen LogP contribution is 2.25. The van der Waals surface area contributed by atoms with Gasteiger partial charge in [-0.3, -0.25) is 9.20 Å². The summed E-state index contributed by atoms with van der Waals surface area (Å²) < 4.78 is 12.7. The highest BCUT2D eigenvalue weighted by molar-refractivity contribution is 7.15. The molecule has 0 spiro atoms. The minimum absolute atomic E-state index is 0.0729. The average molecular weight is 331 g/mol. The Morgan fingerprint density at radius 1 is 1.35 bits per heavy atom. The maximum absolute atomic E-state index is 11.9. The van der Waals surface area contributed by atoms with E-state index >= 15 is 0 Å². The van der Waals surface area contributed by atoms with Crippen molar-refractivity contribution in [2.24, 2.45) is 0 Å². The summed E-state index contributed by atoms with van der Waals surface area (Å²) in [4.78, 5) is 17.2. The van der Waals surface area contributed by atoms with E-state index in [1.165, 1.54) is 0 Å². The van der Waals surface area contributed by atoms with Gasteiger partial charge in [-0.05, 0) is 12.1 Å². The van der Waals surface area contributed by atoms with Gasteiger partial charge in [-0.1, -0.05) is 12.1 Å². The van der Waals surface area contributed by atoms with E-state index in [2.05, 4.69) is 10.3 Å². The summed E-state index contributed by atoms with van der Waals surface area (Å²) in [7, 11) is 1.59. The van der Waals surface area contributed by atoms with Gasteiger partial charge in [-0.25, -0.2) is 4.98 Å². The molecule has 6 nitrogen and oxygen atoms in total. The number of rotatable bonds is 7. The molecular weight excluding hydrogens is 314 g/mol. The quantitative estimate of drug-likeness (QED) is 0.722. The van der Waals surface area contributed by atoms with Gasteiger partial charge in [0.05, 0.1) is 32.4 Å². The monoisotopic (exact) mass is 331 g/mol. The van der Waals surface area contributed by atoms with Crippen molar-refractivity contribution in [1.82, 2.24) is 14.7 Å². The molecule has 1 aromatic carbocycles. The molecule has 3 aromatic rings. The van der Waals surface area contributed by atoms with Crippen LogP contribution in [0.3, 0.4) is 0 Å². The number of carbonyl (C=O) groups is 1. The van der Waals surface area contributed by atoms with E-state index in [0.29, 0.717) is 24.7 Å². The normalized spacial score (nSPS) is 10.7. The van der Waals surface area contributed by atoms with Crippen LogP contribution in [-0.4, -0.2) is 29.0 Å². The van der Waals surface area contributed by atoms with Crippen LogP contribution in [0.25, 0.3) is 4.96 Å². The Morgan fingerprint density at radius 3 is 2.96 bits per heavy atom. The van der Waals surface area contributed by atoms with Gasteiger partial charge < -0.3 is 14.8 Å². The maximum atomic E-state index is 11.9. The lowest BCUT2D eigenvalue weighted by Gasteiger charge is -2.10. The van der Waals surface area contributed by atoms with Gasteiger partial charge in [0.1, 0.15) is 0 Å². The number of carbonyl (C=O) groups excluding carboxylic acids is 1. The zero-order chi connectivity index (χ0) is 16.1. The summed E-state index contributed by atoms with van der Waals surface area (Å²) in [6, 6.07) is 7.37. The van der Waals surface area contributed by atoms with Crippen LogP contribution < -0.4 is 14.8 Å². The van der Waals surface area contributed by atoms with E-state index in [4.69, 9.17) is 9.47 Å². The summed E-state index contributed by atoms with van der Waals surface area (Å²) in [6.45, 7) is 0.715. The second kappa shape index (κ2) is 7.15. The molecule has 2 heterocycles. The van der Waals surface area contributed by atoms with Crippen LogP contribution in [0.1, 0.15) is 12.1 Å². The zero-order valence-corrected chi connectivity index (χ0v) is 13.5. The third-order valence-corrected chi connectivity index (χ3v) is 4.04. The Labute approximate surface area is 137 Å². The number of hydrogen-bond acceptors (Lipinski definition) is 5. The Bertz CT molecular complexity index is 768. The van der Waals surface area contributed by atoms with E-state index in [9.17, 15) is 4.79 Å². The molecule has 0 aliphatic heterocycles. The van der Waals surface area contributed by atoms with E-state index in [1.54, 1.807) is 18.4 Å². The van der Waals surface area contributed by atoms with E-state index in [0.717, 1.165) is 10.7 Å². The number of hydrogen-bond donors (Lipinski definition) is 1. The molecule has 7 heteroatoms. The lowest BCUT2D eigenvalue weighted by molar-refractivity contribution is -0.121. The molecule has 0 aliphatic rings. The Balaban J connectivity index is 1.43. The number of methoxy groups -OCH3 is 1. The van der Waals surface area contributed by atoms with Gasteiger partial charge >= 0.3 is 0 Å². The van der Waals surface area contributed by atoms with Gasteiger partial charge in [0.15, 0.2) is 16.5 Å². The molecular formula is C16H17N3O3S. The van der Waals surface area contributed by atoms with Crippen molar-refractivity contribution in [3.8, 4) is 11.5 Å². The van der Waals surface area contributed by atoms with Crippen LogP contribution >= 0.6 is 11.3 Å². The molecule has 2 aromatic heterocycles. The molecule has 0 saturated carbocycles. The average Bonchev–Trinajstić information content (AvgIpc) is 3.15. The first-order valence-corrected chi connectivity index (χ1v) is 8.08. The van der Waals surface area contributed by atoms with Gasteiger partial charge in [-0.15, -0.1) is 11.3 Å². The summed E-state index contributed by atoms with van der Waals surface area (Å²) in [6.07, 6.45) is 4.14. The van der Waals surface area contributed by atoms with Crippen molar-refractivity contribution in [3.05, 3.63) is 47.7 Å². The number of fused-ring (bicyclic) bond motifs is 1. The van der Waals surface area contributed by atoms with Crippen LogP contribution in [0, 0.1) is 0 Å². The summed E-state index contributed by atoms with van der Waals surface area (Å²) in [5, 5.41) is 4.82. The highest BCUT2D eigenvalue weighted by atomic mass is 32.1. The van der Waals surface area contributed by atoms with Crippen molar-refractivity contribution in [2.45, 2.75) is 13.0 Å². The standard InChI is InChI=1S/C16H17N3O3S/c1-21-13-4-2-3-5-14(13)22-8-6-15(20)17-10-12-11-19-7-9-23-16(19)18-12/h2-5,7,9,11H,6,8,10H2,1H3,(H,17,20). The van der Waals surface area contributed by atoms with Gasteiger partial charge in [0.25, 0.3) is 0 Å². The number of imidazole rings is 1. The predicted molar refractivity (Wildman–Crippen MR) is 88.0 cm³/mol. The van der Waals surface area contributed by atoms with Gasteiger partial charge in [0, 0.05) is 17.8 Å². The zero-order valence-electron chi connectivity index (χ0n) is 12.7. The van der Waals surface area contributed by atoms with Crippen LogP contribution in [0.5, 0.6) is 11.5 Å².